The lowest BCUT2D eigenvalue weighted by Crippen LogP contribution is -2.09. The van der Waals surface area contributed by atoms with Gasteiger partial charge in [-0.15, -0.1) is 0 Å². The molecule has 0 radical (unpaired) electrons. The molecule has 0 atom stereocenters. The summed E-state index contributed by atoms with van der Waals surface area (Å²) in [6, 6.07) is 2.86. The highest BCUT2D eigenvalue weighted by Gasteiger charge is 2.15. The minimum atomic E-state index is -3.77. The van der Waals surface area contributed by atoms with E-state index in [0.717, 1.165) is 0 Å². The molecule has 0 heterocycles. The summed E-state index contributed by atoms with van der Waals surface area (Å²) in [5.41, 5.74) is 1.28. The largest absolute Gasteiger partial charge is 0.493 e. The van der Waals surface area contributed by atoms with Crippen LogP contribution >= 0.6 is 10.7 Å². The van der Waals surface area contributed by atoms with Gasteiger partial charge in [-0.1, -0.05) is 0 Å². The van der Waals surface area contributed by atoms with Crippen molar-refractivity contribution < 1.29 is 21.6 Å². The van der Waals surface area contributed by atoms with E-state index in [4.69, 9.17) is 15.4 Å². The number of ether oxygens (including phenoxy) is 1. The highest BCUT2D eigenvalue weighted by molar-refractivity contribution is 8.13. The van der Waals surface area contributed by atoms with Gasteiger partial charge >= 0.3 is 0 Å². The van der Waals surface area contributed by atoms with E-state index in [1.807, 2.05) is 0 Å². The van der Waals surface area contributed by atoms with Crippen LogP contribution in [0, 0.1) is 13.8 Å². The van der Waals surface area contributed by atoms with Crippen LogP contribution in [0.25, 0.3) is 0 Å². The second-order valence-electron chi connectivity index (χ2n) is 4.66. The van der Waals surface area contributed by atoms with E-state index in [2.05, 4.69) is 0 Å². The van der Waals surface area contributed by atoms with Crippen LogP contribution in [-0.2, 0) is 18.9 Å². The molecule has 0 spiro atoms. The molecular formula is C12H17ClO5S2. The highest BCUT2D eigenvalue weighted by atomic mass is 35.7. The molecule has 114 valence electrons. The monoisotopic (exact) mass is 340 g/mol. The molecule has 1 rings (SSSR count). The SMILES string of the molecule is Cc1cc(S(=O)(=O)Cl)cc(C)c1OCCCS(C)(=O)=O. The Morgan fingerprint density at radius 1 is 1.10 bits per heavy atom. The molecule has 0 aromatic heterocycles. The van der Waals surface area contributed by atoms with Gasteiger partial charge in [0.1, 0.15) is 15.6 Å². The highest BCUT2D eigenvalue weighted by Crippen LogP contribution is 2.28. The lowest BCUT2D eigenvalue weighted by Gasteiger charge is -2.13. The third-order valence-electron chi connectivity index (χ3n) is 2.62. The van der Waals surface area contributed by atoms with Gasteiger partial charge in [-0.25, -0.2) is 16.8 Å². The van der Waals surface area contributed by atoms with E-state index in [-0.39, 0.29) is 17.3 Å². The second-order valence-corrected chi connectivity index (χ2v) is 9.48. The summed E-state index contributed by atoms with van der Waals surface area (Å²) in [7, 11) is -1.48. The van der Waals surface area contributed by atoms with Crippen LogP contribution in [0.15, 0.2) is 17.0 Å². The summed E-state index contributed by atoms with van der Waals surface area (Å²) in [6.45, 7) is 3.68. The van der Waals surface area contributed by atoms with Crippen LogP contribution < -0.4 is 4.74 Å². The first-order valence-electron chi connectivity index (χ1n) is 5.87. The summed E-state index contributed by atoms with van der Waals surface area (Å²) < 4.78 is 50.1. The van der Waals surface area contributed by atoms with E-state index < -0.39 is 18.9 Å². The predicted octanol–water partition coefficient (Wildman–Crippen LogP) is 2.04. The Bertz CT molecular complexity index is 670. The van der Waals surface area contributed by atoms with Gasteiger partial charge < -0.3 is 4.74 Å². The lowest BCUT2D eigenvalue weighted by atomic mass is 10.1. The molecule has 0 amide bonds. The lowest BCUT2D eigenvalue weighted by molar-refractivity contribution is 0.313. The summed E-state index contributed by atoms with van der Waals surface area (Å²) in [5, 5.41) is 0. The van der Waals surface area contributed by atoms with E-state index in [1.54, 1.807) is 13.8 Å². The van der Waals surface area contributed by atoms with Crippen LogP contribution in [0.1, 0.15) is 17.5 Å². The molecule has 0 aliphatic carbocycles. The van der Waals surface area contributed by atoms with E-state index in [9.17, 15) is 16.8 Å². The van der Waals surface area contributed by atoms with Crippen LogP contribution in [0.4, 0.5) is 0 Å². The second kappa shape index (κ2) is 6.32. The van der Waals surface area contributed by atoms with Gasteiger partial charge in [0, 0.05) is 16.9 Å². The third kappa shape index (κ3) is 5.30. The molecule has 20 heavy (non-hydrogen) atoms. The molecule has 8 heteroatoms. The van der Waals surface area contributed by atoms with Gasteiger partial charge in [-0.05, 0) is 43.5 Å². The Morgan fingerprint density at radius 2 is 1.60 bits per heavy atom. The normalized spacial score (nSPS) is 12.4. The molecule has 0 aliphatic heterocycles. The fourth-order valence-corrected chi connectivity index (χ4v) is 3.32. The summed E-state index contributed by atoms with van der Waals surface area (Å²) in [4.78, 5) is 0.0256. The van der Waals surface area contributed by atoms with Gasteiger partial charge in [0.2, 0.25) is 0 Å². The molecule has 1 aromatic rings. The molecule has 0 bridgehead atoms. The van der Waals surface area contributed by atoms with Gasteiger partial charge in [0.05, 0.1) is 17.3 Å². The van der Waals surface area contributed by atoms with Crippen molar-refractivity contribution in [2.45, 2.75) is 25.2 Å². The van der Waals surface area contributed by atoms with Crippen molar-refractivity contribution in [3.8, 4) is 5.75 Å². The molecule has 0 saturated carbocycles. The van der Waals surface area contributed by atoms with Crippen LogP contribution in [0.5, 0.6) is 5.75 Å². The zero-order valence-corrected chi connectivity index (χ0v) is 13.9. The van der Waals surface area contributed by atoms with Crippen molar-refractivity contribution in [3.63, 3.8) is 0 Å². The fraction of sp³-hybridized carbons (Fsp3) is 0.500. The van der Waals surface area contributed by atoms with Gasteiger partial charge in [0.25, 0.3) is 9.05 Å². The number of sulfone groups is 1. The standard InChI is InChI=1S/C12H17ClO5S2/c1-9-7-11(20(13,16)17)8-10(2)12(9)18-5-4-6-19(3,14)15/h7-8H,4-6H2,1-3H3. The first-order valence-corrected chi connectivity index (χ1v) is 10.2. The molecular weight excluding hydrogens is 324 g/mol. The maximum absolute atomic E-state index is 11.3. The van der Waals surface area contributed by atoms with Crippen molar-refractivity contribution in [2.75, 3.05) is 18.6 Å². The molecule has 5 nitrogen and oxygen atoms in total. The maximum atomic E-state index is 11.3. The van der Waals surface area contributed by atoms with Crippen molar-refractivity contribution in [2.24, 2.45) is 0 Å². The van der Waals surface area contributed by atoms with E-state index in [1.165, 1.54) is 18.4 Å². The van der Waals surface area contributed by atoms with Gasteiger partial charge in [0.15, 0.2) is 0 Å². The number of aryl methyl sites for hydroxylation is 2. The minimum Gasteiger partial charge on any atom is -0.493 e. The molecule has 0 fully saturated rings. The number of halogens is 1. The summed E-state index contributed by atoms with van der Waals surface area (Å²) >= 11 is 0. The smallest absolute Gasteiger partial charge is 0.261 e. The Labute approximate surface area is 124 Å². The third-order valence-corrected chi connectivity index (χ3v) is 4.98. The van der Waals surface area contributed by atoms with Crippen LogP contribution in [-0.4, -0.2) is 35.5 Å². The van der Waals surface area contributed by atoms with Gasteiger partial charge in [-0.3, -0.25) is 0 Å². The first-order chi connectivity index (χ1) is 9.00. The summed E-state index contributed by atoms with van der Waals surface area (Å²) in [5.74, 6) is 0.613. The van der Waals surface area contributed by atoms with Crippen LogP contribution in [0.3, 0.4) is 0 Å². The zero-order valence-electron chi connectivity index (χ0n) is 11.5. The fourth-order valence-electron chi connectivity index (χ4n) is 1.77. The topological polar surface area (TPSA) is 77.5 Å². The number of hydrogen-bond donors (Lipinski definition) is 0. The maximum Gasteiger partial charge on any atom is 0.261 e. The Balaban J connectivity index is 2.83. The summed E-state index contributed by atoms with van der Waals surface area (Å²) in [6.07, 6.45) is 1.55. The number of rotatable bonds is 6. The molecule has 0 N–H and O–H groups in total. The average molecular weight is 341 g/mol. The molecule has 0 aliphatic rings. The predicted molar refractivity (Wildman–Crippen MR) is 78.8 cm³/mol. The van der Waals surface area contributed by atoms with E-state index >= 15 is 0 Å². The van der Waals surface area contributed by atoms with Crippen molar-refractivity contribution in [1.29, 1.82) is 0 Å². The Hall–Kier alpha value is -0.790. The van der Waals surface area contributed by atoms with Crippen LogP contribution in [0.2, 0.25) is 0 Å². The van der Waals surface area contributed by atoms with E-state index in [0.29, 0.717) is 23.3 Å². The number of benzene rings is 1. The minimum absolute atomic E-state index is 0.0256. The first kappa shape index (κ1) is 17.3. The number of hydrogen-bond acceptors (Lipinski definition) is 5. The average Bonchev–Trinajstić information content (AvgIpc) is 2.23. The Morgan fingerprint density at radius 3 is 2.00 bits per heavy atom. The quantitative estimate of drug-likeness (QED) is 0.585. The Kier molecular flexibility index (Phi) is 5.46. The zero-order chi connectivity index (χ0) is 15.6. The van der Waals surface area contributed by atoms with Crippen molar-refractivity contribution in [3.05, 3.63) is 23.3 Å². The molecule has 0 unspecified atom stereocenters. The van der Waals surface area contributed by atoms with Gasteiger partial charge in [-0.2, -0.15) is 0 Å². The van der Waals surface area contributed by atoms with Crippen molar-refractivity contribution >= 4 is 29.6 Å². The molecule has 0 saturated heterocycles. The van der Waals surface area contributed by atoms with Crippen molar-refractivity contribution in [1.82, 2.24) is 0 Å². The molecule has 1 aromatic carbocycles.